The Kier molecular flexibility index (Phi) is 11.5. The lowest BCUT2D eigenvalue weighted by molar-refractivity contribution is 0.0454. The maximum atomic E-state index is 5.87. The molecule has 0 aliphatic carbocycles. The molecule has 0 aliphatic heterocycles. The third-order valence-electron chi connectivity index (χ3n) is 4.74. The van der Waals surface area contributed by atoms with Crippen LogP contribution in [0.15, 0.2) is 0 Å². The van der Waals surface area contributed by atoms with Gasteiger partial charge in [-0.3, -0.25) is 0 Å². The summed E-state index contributed by atoms with van der Waals surface area (Å²) in [7, 11) is -5.00. The molecule has 0 unspecified atom stereocenters. The summed E-state index contributed by atoms with van der Waals surface area (Å²) in [4.78, 5) is 0. The van der Waals surface area contributed by atoms with Crippen LogP contribution in [0.4, 0.5) is 0 Å². The normalized spacial score (nSPS) is 14.4. The number of ether oxygens (including phenoxy) is 2. The van der Waals surface area contributed by atoms with Crippen molar-refractivity contribution in [1.29, 1.82) is 0 Å². The lowest BCUT2D eigenvalue weighted by Gasteiger charge is -2.43. The average molecular weight is 451 g/mol. The molecular formula is C19H50N2O2Si4. The first kappa shape index (κ1) is 27.7. The van der Waals surface area contributed by atoms with E-state index in [-0.39, 0.29) is 0 Å². The van der Waals surface area contributed by atoms with Crippen LogP contribution in [-0.2, 0) is 9.47 Å². The van der Waals surface area contributed by atoms with Gasteiger partial charge in [0.25, 0.3) is 0 Å². The quantitative estimate of drug-likeness (QED) is 0.263. The molecule has 0 radical (unpaired) electrons. The predicted molar refractivity (Wildman–Crippen MR) is 133 cm³/mol. The lowest BCUT2D eigenvalue weighted by atomic mass is 10.5. The number of hydrogen-bond acceptors (Lipinski definition) is 4. The van der Waals surface area contributed by atoms with E-state index in [2.05, 4.69) is 87.0 Å². The highest BCUT2D eigenvalue weighted by molar-refractivity contribution is 6.90. The molecule has 0 rings (SSSR count). The van der Waals surface area contributed by atoms with Gasteiger partial charge in [-0.05, 0) is 13.0 Å². The summed E-state index contributed by atoms with van der Waals surface area (Å²) in [6.07, 6.45) is 1.13. The molecule has 0 saturated carbocycles. The van der Waals surface area contributed by atoms with Crippen molar-refractivity contribution in [2.45, 2.75) is 85.0 Å². The van der Waals surface area contributed by atoms with Crippen molar-refractivity contribution < 1.29 is 9.47 Å². The molecule has 0 fully saturated rings. The Bertz CT molecular complexity index is 344. The second-order valence-electron chi connectivity index (χ2n) is 11.6. The van der Waals surface area contributed by atoms with Crippen LogP contribution < -0.4 is 0 Å². The molecule has 0 spiro atoms. The van der Waals surface area contributed by atoms with Gasteiger partial charge in [0.2, 0.25) is 0 Å². The topological polar surface area (TPSA) is 24.9 Å². The summed E-state index contributed by atoms with van der Waals surface area (Å²) in [6, 6.07) is 0. The summed E-state index contributed by atoms with van der Waals surface area (Å²) in [5.74, 6) is 0. The van der Waals surface area contributed by atoms with Gasteiger partial charge < -0.3 is 17.9 Å². The van der Waals surface area contributed by atoms with Gasteiger partial charge in [0.15, 0.2) is 0 Å². The van der Waals surface area contributed by atoms with E-state index in [9.17, 15) is 0 Å². The first-order valence-electron chi connectivity index (χ1n) is 10.7. The van der Waals surface area contributed by atoms with Crippen molar-refractivity contribution in [1.82, 2.24) is 8.46 Å². The van der Waals surface area contributed by atoms with Crippen molar-refractivity contribution in [2.24, 2.45) is 0 Å². The average Bonchev–Trinajstić information content (AvgIpc) is 2.38. The highest BCUT2D eigenvalue weighted by atomic mass is 28.4. The summed E-state index contributed by atoms with van der Waals surface area (Å²) < 4.78 is 17.3. The minimum absolute atomic E-state index is 0.719. The molecule has 4 nitrogen and oxygen atoms in total. The number of hydrogen-bond donors (Lipinski definition) is 0. The van der Waals surface area contributed by atoms with Crippen molar-refractivity contribution in [3.05, 3.63) is 0 Å². The molecule has 0 aromatic carbocycles. The third-order valence-corrected chi connectivity index (χ3v) is 20.2. The highest BCUT2D eigenvalue weighted by Gasteiger charge is 2.34. The Labute approximate surface area is 175 Å². The van der Waals surface area contributed by atoms with E-state index in [1.807, 2.05) is 0 Å². The van der Waals surface area contributed by atoms with Crippen LogP contribution in [0.5, 0.6) is 0 Å². The fraction of sp³-hybridized carbons (Fsp3) is 1.00. The third kappa shape index (κ3) is 12.1. The number of nitrogens with zero attached hydrogens (tertiary/aromatic N) is 2. The molecule has 0 heterocycles. The van der Waals surface area contributed by atoms with Crippen molar-refractivity contribution in [2.75, 3.05) is 39.5 Å². The summed E-state index contributed by atoms with van der Waals surface area (Å²) >= 11 is 0. The molecule has 0 aromatic heterocycles. The van der Waals surface area contributed by atoms with Gasteiger partial charge in [-0.2, -0.15) is 0 Å². The monoisotopic (exact) mass is 450 g/mol. The van der Waals surface area contributed by atoms with Crippen LogP contribution in [-0.4, -0.2) is 80.9 Å². The van der Waals surface area contributed by atoms with Gasteiger partial charge in [-0.1, -0.05) is 78.6 Å². The van der Waals surface area contributed by atoms with Gasteiger partial charge >= 0.3 is 0 Å². The summed E-state index contributed by atoms with van der Waals surface area (Å²) in [5.41, 5.74) is 0. The molecular weight excluding hydrogens is 401 g/mol. The first-order valence-corrected chi connectivity index (χ1v) is 24.5. The zero-order chi connectivity index (χ0) is 21.5. The van der Waals surface area contributed by atoms with E-state index in [1.165, 1.54) is 6.54 Å². The number of rotatable bonds is 14. The van der Waals surface area contributed by atoms with E-state index in [0.29, 0.717) is 0 Å². The molecule has 0 atom stereocenters. The fourth-order valence-electron chi connectivity index (χ4n) is 4.16. The standard InChI is InChI=1S/C19H50N2O2Si4/c1-24(2,3)20(25(4,5)6)14-13-16-22-18-19-23-17-15-21(26(7,8)9)27(10,11)12/h13-19H2,1-12H3. The van der Waals surface area contributed by atoms with Crippen LogP contribution in [0, 0.1) is 0 Å². The van der Waals surface area contributed by atoms with Gasteiger partial charge in [-0.15, -0.1) is 0 Å². The smallest absolute Gasteiger partial charge is 0.112 e. The molecule has 0 bridgehead atoms. The van der Waals surface area contributed by atoms with Gasteiger partial charge in [0.1, 0.15) is 32.9 Å². The SMILES string of the molecule is C[Si](C)(C)N(CCCOCCOCCN([Si](C)(C)C)[Si](C)(C)C)[Si](C)(C)C. The molecule has 0 N–H and O–H groups in total. The van der Waals surface area contributed by atoms with E-state index in [4.69, 9.17) is 9.47 Å². The molecule has 8 heteroatoms. The second-order valence-corrected chi connectivity index (χ2v) is 32.0. The molecule has 0 aromatic rings. The van der Waals surface area contributed by atoms with Crippen LogP contribution in [0.25, 0.3) is 0 Å². The maximum Gasteiger partial charge on any atom is 0.112 e. The van der Waals surface area contributed by atoms with Gasteiger partial charge in [0.05, 0.1) is 19.8 Å². The minimum atomic E-state index is -1.26. The first-order chi connectivity index (χ1) is 12.0. The molecule has 0 aliphatic rings. The Balaban J connectivity index is 3.99. The van der Waals surface area contributed by atoms with Crippen LogP contribution in [0.1, 0.15) is 6.42 Å². The Hall–Kier alpha value is 0.708. The van der Waals surface area contributed by atoms with E-state index in [0.717, 1.165) is 39.4 Å². The second kappa shape index (κ2) is 11.2. The predicted octanol–water partition coefficient (Wildman–Crippen LogP) is 5.35. The fourth-order valence-corrected chi connectivity index (χ4v) is 23.4. The minimum Gasteiger partial charge on any atom is -0.379 e. The Morgan fingerprint density at radius 3 is 1.15 bits per heavy atom. The lowest BCUT2D eigenvalue weighted by Crippen LogP contribution is -2.59. The van der Waals surface area contributed by atoms with E-state index in [1.54, 1.807) is 0 Å². The largest absolute Gasteiger partial charge is 0.379 e. The van der Waals surface area contributed by atoms with Gasteiger partial charge in [0, 0.05) is 13.2 Å². The molecule has 27 heavy (non-hydrogen) atoms. The summed E-state index contributed by atoms with van der Waals surface area (Å²) in [6.45, 7) is 34.8. The van der Waals surface area contributed by atoms with Crippen molar-refractivity contribution in [3.63, 3.8) is 0 Å². The zero-order valence-electron chi connectivity index (χ0n) is 20.7. The van der Waals surface area contributed by atoms with Gasteiger partial charge in [-0.25, -0.2) is 0 Å². The Morgan fingerprint density at radius 2 is 0.778 bits per heavy atom. The zero-order valence-corrected chi connectivity index (χ0v) is 24.7. The van der Waals surface area contributed by atoms with Crippen LogP contribution in [0.2, 0.25) is 78.6 Å². The highest BCUT2D eigenvalue weighted by Crippen LogP contribution is 2.20. The van der Waals surface area contributed by atoms with Crippen molar-refractivity contribution >= 4 is 32.9 Å². The van der Waals surface area contributed by atoms with E-state index < -0.39 is 32.9 Å². The molecule has 0 amide bonds. The molecule has 0 saturated heterocycles. The molecule has 164 valence electrons. The van der Waals surface area contributed by atoms with E-state index >= 15 is 0 Å². The van der Waals surface area contributed by atoms with Crippen LogP contribution in [0.3, 0.4) is 0 Å². The Morgan fingerprint density at radius 1 is 0.444 bits per heavy atom. The summed E-state index contributed by atoms with van der Waals surface area (Å²) in [5, 5.41) is 0. The maximum absolute atomic E-state index is 5.87. The van der Waals surface area contributed by atoms with Crippen LogP contribution >= 0.6 is 0 Å². The van der Waals surface area contributed by atoms with Crippen molar-refractivity contribution in [3.8, 4) is 0 Å².